The van der Waals surface area contributed by atoms with Gasteiger partial charge in [0.05, 0.1) is 16.3 Å². The highest BCUT2D eigenvalue weighted by Gasteiger charge is 2.24. The van der Waals surface area contributed by atoms with Gasteiger partial charge in [-0.15, -0.1) is 10.2 Å². The Morgan fingerprint density at radius 1 is 1.12 bits per heavy atom. The minimum absolute atomic E-state index is 0.200. The Balaban J connectivity index is 1.30. The van der Waals surface area contributed by atoms with Gasteiger partial charge in [-0.1, -0.05) is 23.7 Å². The molecule has 0 radical (unpaired) electrons. The molecule has 4 rings (SSSR count). The SMILES string of the molecule is CC(C(=O)c1ccc(F)cc1F)n1nnc(CCN2CCN(c3ccccc3Cl)CC2)n1. The largest absolute Gasteiger partial charge is 0.368 e. The van der Waals surface area contributed by atoms with Gasteiger partial charge in [0.25, 0.3) is 0 Å². The van der Waals surface area contributed by atoms with Crippen molar-refractivity contribution in [2.45, 2.75) is 19.4 Å². The van der Waals surface area contributed by atoms with E-state index in [4.69, 9.17) is 11.6 Å². The fourth-order valence-corrected chi connectivity index (χ4v) is 3.97. The minimum Gasteiger partial charge on any atom is -0.368 e. The molecule has 0 saturated carbocycles. The van der Waals surface area contributed by atoms with E-state index in [9.17, 15) is 13.6 Å². The van der Waals surface area contributed by atoms with Crippen molar-refractivity contribution in [2.24, 2.45) is 0 Å². The number of para-hydroxylation sites is 1. The van der Waals surface area contributed by atoms with Crippen molar-refractivity contribution in [2.75, 3.05) is 37.6 Å². The molecule has 0 bridgehead atoms. The Labute approximate surface area is 189 Å². The maximum atomic E-state index is 13.9. The van der Waals surface area contributed by atoms with E-state index in [1.165, 1.54) is 4.80 Å². The summed E-state index contributed by atoms with van der Waals surface area (Å²) in [5.41, 5.74) is 0.851. The van der Waals surface area contributed by atoms with Crippen LogP contribution in [0.1, 0.15) is 29.1 Å². The molecule has 1 fully saturated rings. The van der Waals surface area contributed by atoms with Gasteiger partial charge in [0, 0.05) is 45.2 Å². The van der Waals surface area contributed by atoms with Crippen molar-refractivity contribution in [3.05, 3.63) is 70.5 Å². The molecule has 0 N–H and O–H groups in total. The van der Waals surface area contributed by atoms with Crippen molar-refractivity contribution in [1.29, 1.82) is 0 Å². The van der Waals surface area contributed by atoms with Gasteiger partial charge in [-0.05, 0) is 36.4 Å². The van der Waals surface area contributed by atoms with Gasteiger partial charge >= 0.3 is 0 Å². The third-order valence-corrected chi connectivity index (χ3v) is 5.93. The van der Waals surface area contributed by atoms with E-state index >= 15 is 0 Å². The quantitative estimate of drug-likeness (QED) is 0.503. The zero-order valence-corrected chi connectivity index (χ0v) is 18.3. The Morgan fingerprint density at radius 3 is 2.59 bits per heavy atom. The number of carbonyl (C=O) groups excluding carboxylic acids is 1. The first-order chi connectivity index (χ1) is 15.4. The van der Waals surface area contributed by atoms with Gasteiger partial charge in [0.1, 0.15) is 17.7 Å². The van der Waals surface area contributed by atoms with Crippen LogP contribution in [-0.2, 0) is 6.42 Å². The number of Topliss-reactive ketones (excluding diaryl/α,β-unsaturated/α-hetero) is 1. The summed E-state index contributed by atoms with van der Waals surface area (Å²) in [6.45, 7) is 5.84. The predicted octanol–water partition coefficient (Wildman–Crippen LogP) is 3.41. The lowest BCUT2D eigenvalue weighted by Gasteiger charge is -2.36. The van der Waals surface area contributed by atoms with Crippen LogP contribution in [0.4, 0.5) is 14.5 Å². The molecule has 2 aromatic carbocycles. The lowest BCUT2D eigenvalue weighted by molar-refractivity contribution is 0.0913. The topological polar surface area (TPSA) is 67.2 Å². The fraction of sp³-hybridized carbons (Fsp3) is 0.364. The molecule has 1 aliphatic rings. The molecule has 32 heavy (non-hydrogen) atoms. The highest BCUT2D eigenvalue weighted by molar-refractivity contribution is 6.33. The van der Waals surface area contributed by atoms with E-state index in [1.54, 1.807) is 6.92 Å². The average molecular weight is 461 g/mol. The number of anilines is 1. The summed E-state index contributed by atoms with van der Waals surface area (Å²) >= 11 is 6.30. The van der Waals surface area contributed by atoms with Crippen molar-refractivity contribution >= 4 is 23.1 Å². The number of benzene rings is 2. The Kier molecular flexibility index (Phi) is 6.76. The van der Waals surface area contributed by atoms with Crippen LogP contribution in [0.15, 0.2) is 42.5 Å². The van der Waals surface area contributed by atoms with Crippen molar-refractivity contribution in [3.63, 3.8) is 0 Å². The standard InChI is InChI=1S/C22H23ClF2N6O/c1-15(22(32)17-7-6-16(24)14-19(17)25)31-27-21(26-28-31)8-9-29-10-12-30(13-11-29)20-5-3-2-4-18(20)23/h2-7,14-15H,8-13H2,1H3. The Morgan fingerprint density at radius 2 is 1.88 bits per heavy atom. The van der Waals surface area contributed by atoms with Crippen LogP contribution in [-0.4, -0.2) is 63.6 Å². The molecule has 1 aliphatic heterocycles. The molecule has 1 atom stereocenters. The normalized spacial score (nSPS) is 15.7. The van der Waals surface area contributed by atoms with Crippen LogP contribution in [0.2, 0.25) is 5.02 Å². The van der Waals surface area contributed by atoms with Crippen molar-refractivity contribution < 1.29 is 13.6 Å². The maximum Gasteiger partial charge on any atom is 0.191 e. The van der Waals surface area contributed by atoms with Gasteiger partial charge in [-0.2, -0.15) is 4.80 Å². The molecular formula is C22H23ClF2N6O. The van der Waals surface area contributed by atoms with E-state index in [0.29, 0.717) is 18.3 Å². The second-order valence-corrected chi connectivity index (χ2v) is 8.13. The lowest BCUT2D eigenvalue weighted by atomic mass is 10.1. The lowest BCUT2D eigenvalue weighted by Crippen LogP contribution is -2.47. The molecule has 0 spiro atoms. The Bertz CT molecular complexity index is 1100. The molecule has 10 heteroatoms. The van der Waals surface area contributed by atoms with Crippen molar-refractivity contribution in [1.82, 2.24) is 25.1 Å². The van der Waals surface area contributed by atoms with E-state index in [0.717, 1.165) is 55.6 Å². The molecule has 7 nitrogen and oxygen atoms in total. The first-order valence-corrected chi connectivity index (χ1v) is 10.8. The molecule has 3 aromatic rings. The summed E-state index contributed by atoms with van der Waals surface area (Å²) in [7, 11) is 0. The summed E-state index contributed by atoms with van der Waals surface area (Å²) in [6.07, 6.45) is 0.581. The van der Waals surface area contributed by atoms with E-state index in [2.05, 4.69) is 25.2 Å². The first kappa shape index (κ1) is 22.3. The second kappa shape index (κ2) is 9.70. The van der Waals surface area contributed by atoms with Gasteiger partial charge in [0.2, 0.25) is 0 Å². The van der Waals surface area contributed by atoms with E-state index < -0.39 is 23.5 Å². The predicted molar refractivity (Wildman–Crippen MR) is 117 cm³/mol. The van der Waals surface area contributed by atoms with Crippen molar-refractivity contribution in [3.8, 4) is 0 Å². The number of nitrogens with zero attached hydrogens (tertiary/aromatic N) is 6. The molecule has 2 heterocycles. The van der Waals surface area contributed by atoms with E-state index in [-0.39, 0.29) is 5.56 Å². The zero-order valence-electron chi connectivity index (χ0n) is 17.6. The number of piperazine rings is 1. The number of rotatable bonds is 7. The van der Waals surface area contributed by atoms with Crippen LogP contribution in [0.5, 0.6) is 0 Å². The van der Waals surface area contributed by atoms with Crippen LogP contribution in [0, 0.1) is 11.6 Å². The third-order valence-electron chi connectivity index (χ3n) is 5.61. The van der Waals surface area contributed by atoms with Gasteiger partial charge < -0.3 is 4.90 Å². The first-order valence-electron chi connectivity index (χ1n) is 10.4. The molecule has 1 saturated heterocycles. The summed E-state index contributed by atoms with van der Waals surface area (Å²) in [4.78, 5) is 18.3. The highest BCUT2D eigenvalue weighted by Crippen LogP contribution is 2.26. The third kappa shape index (κ3) is 4.94. The molecule has 0 amide bonds. The van der Waals surface area contributed by atoms with Crippen LogP contribution >= 0.6 is 11.6 Å². The molecule has 1 unspecified atom stereocenters. The maximum absolute atomic E-state index is 13.9. The van der Waals surface area contributed by atoms with Crippen LogP contribution < -0.4 is 4.90 Å². The number of carbonyl (C=O) groups is 1. The van der Waals surface area contributed by atoms with Crippen LogP contribution in [0.25, 0.3) is 0 Å². The summed E-state index contributed by atoms with van der Waals surface area (Å²) in [5, 5.41) is 13.0. The number of tetrazole rings is 1. The number of hydrogen-bond acceptors (Lipinski definition) is 6. The molecular weight excluding hydrogens is 438 g/mol. The fourth-order valence-electron chi connectivity index (χ4n) is 3.72. The summed E-state index contributed by atoms with van der Waals surface area (Å²) in [5.74, 6) is -1.67. The minimum atomic E-state index is -0.905. The smallest absolute Gasteiger partial charge is 0.191 e. The van der Waals surface area contributed by atoms with Gasteiger partial charge in [0.15, 0.2) is 11.6 Å². The molecule has 168 valence electrons. The second-order valence-electron chi connectivity index (χ2n) is 7.72. The van der Waals surface area contributed by atoms with Gasteiger partial charge in [-0.25, -0.2) is 8.78 Å². The monoisotopic (exact) mass is 460 g/mol. The number of ketones is 1. The molecule has 0 aliphatic carbocycles. The zero-order chi connectivity index (χ0) is 22.7. The van der Waals surface area contributed by atoms with E-state index in [1.807, 2.05) is 24.3 Å². The highest BCUT2D eigenvalue weighted by atomic mass is 35.5. The van der Waals surface area contributed by atoms with Crippen LogP contribution in [0.3, 0.4) is 0 Å². The average Bonchev–Trinajstić information content (AvgIpc) is 3.27. The number of aromatic nitrogens is 4. The summed E-state index contributed by atoms with van der Waals surface area (Å²) < 4.78 is 27.0. The summed E-state index contributed by atoms with van der Waals surface area (Å²) in [6, 6.07) is 9.85. The Hall–Kier alpha value is -2.91. The number of hydrogen-bond donors (Lipinski definition) is 0. The number of halogens is 3. The van der Waals surface area contributed by atoms with Gasteiger partial charge in [-0.3, -0.25) is 9.69 Å². The molecule has 1 aromatic heterocycles.